The topological polar surface area (TPSA) is 43.8 Å². The summed E-state index contributed by atoms with van der Waals surface area (Å²) in [7, 11) is 4.27. The van der Waals surface area contributed by atoms with Crippen LogP contribution >= 0.6 is 15.9 Å². The number of aliphatic carboxylic acids is 1. The molecule has 1 fully saturated rings. The van der Waals surface area contributed by atoms with Crippen LogP contribution in [0.4, 0.5) is 5.69 Å². The zero-order chi connectivity index (χ0) is 15.4. The van der Waals surface area contributed by atoms with E-state index in [1.165, 1.54) is 13.0 Å². The fourth-order valence-electron chi connectivity index (χ4n) is 2.72. The van der Waals surface area contributed by atoms with Crippen LogP contribution in [0.3, 0.4) is 0 Å². The minimum absolute atomic E-state index is 0.713. The molecular formula is C16H21BrN2O2. The fraction of sp³-hybridized carbons (Fsp3) is 0.438. The van der Waals surface area contributed by atoms with Crippen molar-refractivity contribution >= 4 is 33.7 Å². The Morgan fingerprint density at radius 3 is 2.90 bits per heavy atom. The molecule has 1 aromatic carbocycles. The number of carboxylic acids is 1. The van der Waals surface area contributed by atoms with Gasteiger partial charge in [-0.3, -0.25) is 0 Å². The van der Waals surface area contributed by atoms with E-state index in [4.69, 9.17) is 5.11 Å². The minimum Gasteiger partial charge on any atom is -0.478 e. The first-order valence-electron chi connectivity index (χ1n) is 7.06. The summed E-state index contributed by atoms with van der Waals surface area (Å²) in [5, 5.41) is 8.67. The third-order valence-electron chi connectivity index (χ3n) is 3.85. The minimum atomic E-state index is -0.937. The molecule has 1 aliphatic heterocycles. The summed E-state index contributed by atoms with van der Waals surface area (Å²) in [4.78, 5) is 15.2. The van der Waals surface area contributed by atoms with Gasteiger partial charge in [0.15, 0.2) is 0 Å². The average molecular weight is 353 g/mol. The van der Waals surface area contributed by atoms with Crippen molar-refractivity contribution in [2.45, 2.75) is 6.42 Å². The van der Waals surface area contributed by atoms with Gasteiger partial charge in [-0.2, -0.15) is 0 Å². The van der Waals surface area contributed by atoms with Crippen LogP contribution in [0, 0.1) is 5.92 Å². The number of rotatable bonds is 5. The number of hydrogen-bond acceptors (Lipinski definition) is 3. The molecule has 2 rings (SSSR count). The fourth-order valence-corrected chi connectivity index (χ4v) is 3.22. The van der Waals surface area contributed by atoms with E-state index < -0.39 is 5.97 Å². The molecule has 0 aliphatic carbocycles. The smallest absolute Gasteiger partial charge is 0.328 e. The van der Waals surface area contributed by atoms with Crippen LogP contribution in [0.25, 0.3) is 6.08 Å². The van der Waals surface area contributed by atoms with Crippen molar-refractivity contribution in [3.05, 3.63) is 34.3 Å². The van der Waals surface area contributed by atoms with Crippen LogP contribution in [0.5, 0.6) is 0 Å². The lowest BCUT2D eigenvalue weighted by Gasteiger charge is -2.23. The van der Waals surface area contributed by atoms with Crippen LogP contribution in [0.2, 0.25) is 0 Å². The molecule has 1 heterocycles. The molecule has 0 saturated carbocycles. The van der Waals surface area contributed by atoms with Crippen molar-refractivity contribution < 1.29 is 9.90 Å². The van der Waals surface area contributed by atoms with Gasteiger partial charge < -0.3 is 14.9 Å². The van der Waals surface area contributed by atoms with Crippen LogP contribution in [-0.4, -0.2) is 49.7 Å². The van der Waals surface area contributed by atoms with Crippen LogP contribution in [0.1, 0.15) is 12.0 Å². The predicted molar refractivity (Wildman–Crippen MR) is 89.7 cm³/mol. The van der Waals surface area contributed by atoms with Gasteiger partial charge in [0.2, 0.25) is 0 Å². The molecule has 1 N–H and O–H groups in total. The second-order valence-corrected chi connectivity index (χ2v) is 6.53. The highest BCUT2D eigenvalue weighted by Gasteiger charge is 2.20. The molecular weight excluding hydrogens is 332 g/mol. The van der Waals surface area contributed by atoms with E-state index in [-0.39, 0.29) is 0 Å². The predicted octanol–water partition coefficient (Wildman–Crippen LogP) is 2.93. The highest BCUT2D eigenvalue weighted by Crippen LogP contribution is 2.26. The summed E-state index contributed by atoms with van der Waals surface area (Å²) in [5.41, 5.74) is 2.01. The lowest BCUT2D eigenvalue weighted by Crippen LogP contribution is -2.27. The SMILES string of the molecule is CN1CCC(CN(C)c2ccc(/C=C/C(=O)O)c(Br)c2)C1. The number of nitrogens with zero attached hydrogens (tertiary/aromatic N) is 2. The van der Waals surface area contributed by atoms with Gasteiger partial charge >= 0.3 is 5.97 Å². The van der Waals surface area contributed by atoms with E-state index in [1.54, 1.807) is 6.08 Å². The number of carbonyl (C=O) groups is 1. The molecule has 0 bridgehead atoms. The van der Waals surface area contributed by atoms with E-state index in [0.717, 1.165) is 34.9 Å². The Bertz CT molecular complexity index is 545. The Labute approximate surface area is 134 Å². The van der Waals surface area contributed by atoms with Crippen molar-refractivity contribution in [1.82, 2.24) is 4.90 Å². The molecule has 5 heteroatoms. The van der Waals surface area contributed by atoms with E-state index in [9.17, 15) is 4.79 Å². The molecule has 1 atom stereocenters. The molecule has 114 valence electrons. The largest absolute Gasteiger partial charge is 0.478 e. The molecule has 0 aromatic heterocycles. The summed E-state index contributed by atoms with van der Waals surface area (Å²) in [6.07, 6.45) is 4.00. The Morgan fingerprint density at radius 2 is 2.33 bits per heavy atom. The normalized spacial score (nSPS) is 19.3. The van der Waals surface area contributed by atoms with Gasteiger partial charge in [0.25, 0.3) is 0 Å². The van der Waals surface area contributed by atoms with Crippen molar-refractivity contribution in [1.29, 1.82) is 0 Å². The second-order valence-electron chi connectivity index (χ2n) is 5.67. The summed E-state index contributed by atoms with van der Waals surface area (Å²) < 4.78 is 0.910. The van der Waals surface area contributed by atoms with Crippen molar-refractivity contribution in [2.75, 3.05) is 38.6 Å². The highest BCUT2D eigenvalue weighted by atomic mass is 79.9. The van der Waals surface area contributed by atoms with E-state index in [0.29, 0.717) is 5.92 Å². The Hall–Kier alpha value is -1.33. The number of likely N-dealkylation sites (tertiary alicyclic amines) is 1. The van der Waals surface area contributed by atoms with E-state index >= 15 is 0 Å². The molecule has 1 aromatic rings. The average Bonchev–Trinajstić information content (AvgIpc) is 2.82. The first-order valence-corrected chi connectivity index (χ1v) is 7.85. The molecule has 0 spiro atoms. The summed E-state index contributed by atoms with van der Waals surface area (Å²) in [6, 6.07) is 6.02. The molecule has 0 amide bonds. The second kappa shape index (κ2) is 7.09. The van der Waals surface area contributed by atoms with Gasteiger partial charge in [0.1, 0.15) is 0 Å². The quantitative estimate of drug-likeness (QED) is 0.827. The van der Waals surface area contributed by atoms with Gasteiger partial charge in [0.05, 0.1) is 0 Å². The molecule has 1 aliphatic rings. The maximum Gasteiger partial charge on any atom is 0.328 e. The highest BCUT2D eigenvalue weighted by molar-refractivity contribution is 9.10. The number of hydrogen-bond donors (Lipinski definition) is 1. The molecule has 0 radical (unpaired) electrons. The van der Waals surface area contributed by atoms with Crippen LogP contribution < -0.4 is 4.90 Å². The van der Waals surface area contributed by atoms with Crippen LogP contribution in [0.15, 0.2) is 28.7 Å². The first-order chi connectivity index (χ1) is 9.95. The van der Waals surface area contributed by atoms with Gasteiger partial charge in [-0.15, -0.1) is 0 Å². The van der Waals surface area contributed by atoms with Gasteiger partial charge in [-0.25, -0.2) is 4.79 Å². The monoisotopic (exact) mass is 352 g/mol. The summed E-state index contributed by atoms with van der Waals surface area (Å²) >= 11 is 3.51. The summed E-state index contributed by atoms with van der Waals surface area (Å²) in [6.45, 7) is 3.38. The van der Waals surface area contributed by atoms with Crippen LogP contribution in [-0.2, 0) is 4.79 Å². The summed E-state index contributed by atoms with van der Waals surface area (Å²) in [5.74, 6) is -0.223. The van der Waals surface area contributed by atoms with E-state index in [1.807, 2.05) is 18.2 Å². The number of benzene rings is 1. The Kier molecular flexibility index (Phi) is 5.42. The van der Waals surface area contributed by atoms with Gasteiger partial charge in [-0.1, -0.05) is 22.0 Å². The molecule has 4 nitrogen and oxygen atoms in total. The Morgan fingerprint density at radius 1 is 1.57 bits per heavy atom. The van der Waals surface area contributed by atoms with Crippen molar-refractivity contribution in [2.24, 2.45) is 5.92 Å². The third-order valence-corrected chi connectivity index (χ3v) is 4.54. The molecule has 21 heavy (non-hydrogen) atoms. The van der Waals surface area contributed by atoms with E-state index in [2.05, 4.69) is 39.8 Å². The standard InChI is InChI=1S/C16H21BrN2O2/c1-18-8-7-12(10-18)11-19(2)14-5-3-13(15(17)9-14)4-6-16(20)21/h3-6,9,12H,7-8,10-11H2,1-2H3,(H,20,21)/b6-4+. The van der Waals surface area contributed by atoms with Gasteiger partial charge in [0, 0.05) is 36.4 Å². The number of anilines is 1. The number of carboxylic acid groups (broad SMARTS) is 1. The maximum absolute atomic E-state index is 10.6. The third kappa shape index (κ3) is 4.58. The lowest BCUT2D eigenvalue weighted by molar-refractivity contribution is -0.131. The Balaban J connectivity index is 2.03. The zero-order valence-electron chi connectivity index (χ0n) is 12.4. The van der Waals surface area contributed by atoms with Gasteiger partial charge in [-0.05, 0) is 49.7 Å². The number of halogens is 1. The maximum atomic E-state index is 10.6. The zero-order valence-corrected chi connectivity index (χ0v) is 14.0. The molecule has 1 saturated heterocycles. The molecule has 1 unspecified atom stereocenters. The van der Waals surface area contributed by atoms with Crippen molar-refractivity contribution in [3.8, 4) is 0 Å². The lowest BCUT2D eigenvalue weighted by atomic mass is 10.1. The van der Waals surface area contributed by atoms with Crippen molar-refractivity contribution in [3.63, 3.8) is 0 Å². The first kappa shape index (κ1) is 16.0.